The zero-order chi connectivity index (χ0) is 12.1. The zero-order valence-electron chi connectivity index (χ0n) is 9.21. The predicted octanol–water partition coefficient (Wildman–Crippen LogP) is 0.00670. The Labute approximate surface area is 92.9 Å². The molecule has 7 heteroatoms. The Morgan fingerprint density at radius 2 is 2.50 bits per heavy atom. The van der Waals surface area contributed by atoms with Crippen molar-refractivity contribution in [2.24, 2.45) is 10.9 Å². The SMILES string of the molecule is CC(CC(N)=NO)N(C)C(=O)c1cn[nH]c1. The average Bonchev–Trinajstić information content (AvgIpc) is 2.80. The van der Waals surface area contributed by atoms with Gasteiger partial charge in [-0.15, -0.1) is 0 Å². The van der Waals surface area contributed by atoms with Crippen LogP contribution in [0.15, 0.2) is 17.5 Å². The predicted molar refractivity (Wildman–Crippen MR) is 58.2 cm³/mol. The second kappa shape index (κ2) is 5.15. The molecule has 1 unspecified atom stereocenters. The molecule has 0 saturated carbocycles. The molecule has 7 nitrogen and oxygen atoms in total. The number of amidine groups is 1. The number of carbonyl (C=O) groups excluding carboxylic acids is 1. The molecule has 0 fully saturated rings. The van der Waals surface area contributed by atoms with Gasteiger partial charge >= 0.3 is 0 Å². The maximum Gasteiger partial charge on any atom is 0.257 e. The molecule has 1 aromatic heterocycles. The summed E-state index contributed by atoms with van der Waals surface area (Å²) in [7, 11) is 1.66. The highest BCUT2D eigenvalue weighted by atomic mass is 16.4. The molecule has 1 amide bonds. The number of amides is 1. The van der Waals surface area contributed by atoms with E-state index in [4.69, 9.17) is 10.9 Å². The summed E-state index contributed by atoms with van der Waals surface area (Å²) in [6.07, 6.45) is 3.29. The van der Waals surface area contributed by atoms with Gasteiger partial charge in [0.15, 0.2) is 0 Å². The zero-order valence-corrected chi connectivity index (χ0v) is 9.21. The fourth-order valence-corrected chi connectivity index (χ4v) is 1.25. The highest BCUT2D eigenvalue weighted by Gasteiger charge is 2.19. The van der Waals surface area contributed by atoms with Gasteiger partial charge in [0.05, 0.1) is 11.8 Å². The molecule has 0 aliphatic heterocycles. The number of aromatic nitrogens is 2. The molecule has 1 atom stereocenters. The van der Waals surface area contributed by atoms with Crippen LogP contribution in [-0.4, -0.2) is 45.1 Å². The third-order valence-electron chi connectivity index (χ3n) is 2.36. The third kappa shape index (κ3) is 2.72. The molecule has 1 rings (SSSR count). The first-order chi connectivity index (χ1) is 7.56. The fourth-order valence-electron chi connectivity index (χ4n) is 1.25. The molecule has 0 spiro atoms. The van der Waals surface area contributed by atoms with Crippen molar-refractivity contribution in [2.45, 2.75) is 19.4 Å². The Morgan fingerprint density at radius 1 is 1.81 bits per heavy atom. The van der Waals surface area contributed by atoms with Crippen LogP contribution in [0.2, 0.25) is 0 Å². The van der Waals surface area contributed by atoms with Gasteiger partial charge in [0.25, 0.3) is 5.91 Å². The lowest BCUT2D eigenvalue weighted by molar-refractivity contribution is 0.0747. The molecule has 0 saturated heterocycles. The second-order valence-electron chi connectivity index (χ2n) is 3.55. The van der Waals surface area contributed by atoms with Crippen LogP contribution in [0.25, 0.3) is 0 Å². The fraction of sp³-hybridized carbons (Fsp3) is 0.444. The van der Waals surface area contributed by atoms with Gasteiger partial charge in [0, 0.05) is 25.7 Å². The van der Waals surface area contributed by atoms with Gasteiger partial charge in [-0.25, -0.2) is 0 Å². The molecule has 16 heavy (non-hydrogen) atoms. The number of nitrogens with one attached hydrogen (secondary N) is 1. The minimum Gasteiger partial charge on any atom is -0.409 e. The number of carbonyl (C=O) groups is 1. The normalized spacial score (nSPS) is 13.5. The lowest BCUT2D eigenvalue weighted by atomic mass is 10.2. The number of hydrogen-bond acceptors (Lipinski definition) is 4. The molecule has 4 N–H and O–H groups in total. The van der Waals surface area contributed by atoms with E-state index in [2.05, 4.69) is 15.4 Å². The molecule has 0 aromatic carbocycles. The molecular weight excluding hydrogens is 210 g/mol. The Morgan fingerprint density at radius 3 is 3.00 bits per heavy atom. The monoisotopic (exact) mass is 225 g/mol. The van der Waals surface area contributed by atoms with Crippen LogP contribution in [0.3, 0.4) is 0 Å². The van der Waals surface area contributed by atoms with E-state index < -0.39 is 0 Å². The van der Waals surface area contributed by atoms with Crippen molar-refractivity contribution in [2.75, 3.05) is 7.05 Å². The Balaban J connectivity index is 2.64. The maximum atomic E-state index is 11.8. The van der Waals surface area contributed by atoms with E-state index in [1.165, 1.54) is 17.3 Å². The van der Waals surface area contributed by atoms with Crippen molar-refractivity contribution in [3.63, 3.8) is 0 Å². The Hall–Kier alpha value is -2.05. The van der Waals surface area contributed by atoms with E-state index in [1.54, 1.807) is 7.05 Å². The molecule has 0 bridgehead atoms. The third-order valence-corrected chi connectivity index (χ3v) is 2.36. The van der Waals surface area contributed by atoms with Crippen molar-refractivity contribution >= 4 is 11.7 Å². The van der Waals surface area contributed by atoms with Crippen molar-refractivity contribution in [3.8, 4) is 0 Å². The first-order valence-corrected chi connectivity index (χ1v) is 4.78. The van der Waals surface area contributed by atoms with Crippen LogP contribution < -0.4 is 5.73 Å². The number of rotatable bonds is 4. The van der Waals surface area contributed by atoms with E-state index in [-0.39, 0.29) is 17.8 Å². The molecular formula is C9H15N5O2. The summed E-state index contributed by atoms with van der Waals surface area (Å²) in [6, 6.07) is -0.154. The first-order valence-electron chi connectivity index (χ1n) is 4.78. The van der Waals surface area contributed by atoms with Crippen molar-refractivity contribution in [1.82, 2.24) is 15.1 Å². The summed E-state index contributed by atoms with van der Waals surface area (Å²) in [5, 5.41) is 17.6. The van der Waals surface area contributed by atoms with Gasteiger partial charge in [0.2, 0.25) is 0 Å². The number of aromatic amines is 1. The summed E-state index contributed by atoms with van der Waals surface area (Å²) < 4.78 is 0. The van der Waals surface area contributed by atoms with Gasteiger partial charge in [-0.3, -0.25) is 9.89 Å². The van der Waals surface area contributed by atoms with Crippen molar-refractivity contribution in [1.29, 1.82) is 0 Å². The topological polar surface area (TPSA) is 108 Å². The first kappa shape index (κ1) is 12.0. The van der Waals surface area contributed by atoms with Crippen LogP contribution in [0, 0.1) is 0 Å². The van der Waals surface area contributed by atoms with Crippen molar-refractivity contribution < 1.29 is 10.0 Å². The largest absolute Gasteiger partial charge is 0.409 e. The lowest BCUT2D eigenvalue weighted by Crippen LogP contribution is -2.37. The molecule has 88 valence electrons. The summed E-state index contributed by atoms with van der Waals surface area (Å²) in [6.45, 7) is 1.82. The smallest absolute Gasteiger partial charge is 0.257 e. The quantitative estimate of drug-likeness (QED) is 0.290. The number of oxime groups is 1. The summed E-state index contributed by atoms with van der Waals surface area (Å²) in [5.41, 5.74) is 5.85. The van der Waals surface area contributed by atoms with E-state index >= 15 is 0 Å². The molecule has 0 aliphatic rings. The highest BCUT2D eigenvalue weighted by molar-refractivity contribution is 5.94. The number of nitrogens with two attached hydrogens (primary N) is 1. The number of H-pyrrole nitrogens is 1. The van der Waals surface area contributed by atoms with Gasteiger partial charge < -0.3 is 15.8 Å². The average molecular weight is 225 g/mol. The lowest BCUT2D eigenvalue weighted by Gasteiger charge is -2.23. The van der Waals surface area contributed by atoms with E-state index in [9.17, 15) is 4.79 Å². The van der Waals surface area contributed by atoms with Crippen molar-refractivity contribution in [3.05, 3.63) is 18.0 Å². The van der Waals surface area contributed by atoms with Gasteiger partial charge in [-0.05, 0) is 6.92 Å². The minimum atomic E-state index is -0.160. The minimum absolute atomic E-state index is 0.0966. The van der Waals surface area contributed by atoms with Crippen LogP contribution >= 0.6 is 0 Å². The second-order valence-corrected chi connectivity index (χ2v) is 3.55. The van der Waals surface area contributed by atoms with E-state index in [0.29, 0.717) is 12.0 Å². The summed E-state index contributed by atoms with van der Waals surface area (Å²) >= 11 is 0. The maximum absolute atomic E-state index is 11.8. The molecule has 0 aliphatic carbocycles. The highest BCUT2D eigenvalue weighted by Crippen LogP contribution is 2.07. The van der Waals surface area contributed by atoms with Gasteiger partial charge in [-0.1, -0.05) is 5.16 Å². The number of nitrogens with zero attached hydrogens (tertiary/aromatic N) is 3. The molecule has 1 heterocycles. The Bertz CT molecular complexity index is 373. The number of hydrogen-bond donors (Lipinski definition) is 3. The van der Waals surface area contributed by atoms with Gasteiger partial charge in [-0.2, -0.15) is 5.10 Å². The Kier molecular flexibility index (Phi) is 3.87. The van der Waals surface area contributed by atoms with E-state index in [1.807, 2.05) is 6.92 Å². The van der Waals surface area contributed by atoms with Gasteiger partial charge in [0.1, 0.15) is 5.84 Å². The molecule has 1 aromatic rings. The van der Waals surface area contributed by atoms with Crippen LogP contribution in [-0.2, 0) is 0 Å². The van der Waals surface area contributed by atoms with Crippen LogP contribution in [0.1, 0.15) is 23.7 Å². The molecule has 0 radical (unpaired) electrons. The van der Waals surface area contributed by atoms with Crippen LogP contribution in [0.5, 0.6) is 0 Å². The van der Waals surface area contributed by atoms with E-state index in [0.717, 1.165) is 0 Å². The van der Waals surface area contributed by atoms with Crippen LogP contribution in [0.4, 0.5) is 0 Å². The standard InChI is InChI=1S/C9H15N5O2/c1-6(3-8(10)13-16)14(2)9(15)7-4-11-12-5-7/h4-6,16H,3H2,1-2H3,(H2,10,13)(H,11,12). The summed E-state index contributed by atoms with van der Waals surface area (Å²) in [4.78, 5) is 13.4. The summed E-state index contributed by atoms with van der Waals surface area (Å²) in [5.74, 6) is -0.0636.